The summed E-state index contributed by atoms with van der Waals surface area (Å²) in [5.74, 6) is 0.772. The monoisotopic (exact) mass is 454 g/mol. The van der Waals surface area contributed by atoms with Crippen LogP contribution in [-0.2, 0) is 6.42 Å². The number of guanidine groups is 1. The van der Waals surface area contributed by atoms with E-state index in [-0.39, 0.29) is 24.0 Å². The largest absolute Gasteiger partial charge is 0.388 e. The molecule has 1 unspecified atom stereocenters. The summed E-state index contributed by atoms with van der Waals surface area (Å²) in [6.45, 7) is 4.17. The van der Waals surface area contributed by atoms with Crippen LogP contribution >= 0.6 is 24.0 Å². The molecule has 1 aromatic carbocycles. The Hall–Kier alpha value is -1.67. The van der Waals surface area contributed by atoms with Crippen LogP contribution in [0.3, 0.4) is 0 Å². The highest BCUT2D eigenvalue weighted by molar-refractivity contribution is 14.0. The van der Waals surface area contributed by atoms with Gasteiger partial charge in [-0.2, -0.15) is 0 Å². The third-order valence-corrected chi connectivity index (χ3v) is 3.60. The van der Waals surface area contributed by atoms with E-state index in [1.165, 1.54) is 0 Å². The second kappa shape index (κ2) is 12.7. The molecule has 0 amide bonds. The molecule has 0 fully saturated rings. The fourth-order valence-corrected chi connectivity index (χ4v) is 2.34. The number of hydrogen-bond donors (Lipinski definition) is 3. The van der Waals surface area contributed by atoms with Crippen LogP contribution in [0.1, 0.15) is 30.7 Å². The minimum atomic E-state index is -0.480. The van der Waals surface area contributed by atoms with Crippen molar-refractivity contribution in [1.82, 2.24) is 15.6 Å². The maximum absolute atomic E-state index is 10.2. The molecule has 0 aliphatic heterocycles. The maximum Gasteiger partial charge on any atom is 0.191 e. The van der Waals surface area contributed by atoms with Gasteiger partial charge in [0.1, 0.15) is 0 Å². The third kappa shape index (κ3) is 8.31. The number of aromatic nitrogens is 1. The molecule has 25 heavy (non-hydrogen) atoms. The molecule has 0 radical (unpaired) electrons. The Morgan fingerprint density at radius 3 is 2.56 bits per heavy atom. The summed E-state index contributed by atoms with van der Waals surface area (Å²) in [7, 11) is 0. The van der Waals surface area contributed by atoms with E-state index in [0.29, 0.717) is 13.0 Å². The number of nitrogens with one attached hydrogen (secondary N) is 2. The lowest BCUT2D eigenvalue weighted by Gasteiger charge is -2.12. The first-order valence-electron chi connectivity index (χ1n) is 8.44. The summed E-state index contributed by atoms with van der Waals surface area (Å²) in [6, 6.07) is 15.6. The minimum Gasteiger partial charge on any atom is -0.388 e. The second-order valence-corrected chi connectivity index (χ2v) is 5.47. The van der Waals surface area contributed by atoms with Gasteiger partial charge in [0.15, 0.2) is 5.96 Å². The van der Waals surface area contributed by atoms with Gasteiger partial charge in [0.05, 0.1) is 6.10 Å². The Balaban J connectivity index is 0.00000312. The van der Waals surface area contributed by atoms with Crippen LogP contribution in [0.4, 0.5) is 0 Å². The van der Waals surface area contributed by atoms with Gasteiger partial charge in [-0.15, -0.1) is 24.0 Å². The van der Waals surface area contributed by atoms with Crippen molar-refractivity contribution in [2.45, 2.75) is 25.9 Å². The van der Waals surface area contributed by atoms with Gasteiger partial charge in [0.2, 0.25) is 0 Å². The Labute approximate surface area is 167 Å². The van der Waals surface area contributed by atoms with Crippen molar-refractivity contribution >= 4 is 29.9 Å². The zero-order valence-corrected chi connectivity index (χ0v) is 16.9. The number of aliphatic hydroxyl groups is 1. The Bertz CT molecular complexity index is 607. The van der Waals surface area contributed by atoms with Gasteiger partial charge >= 0.3 is 0 Å². The summed E-state index contributed by atoms with van der Waals surface area (Å²) in [4.78, 5) is 8.83. The van der Waals surface area contributed by atoms with Crippen LogP contribution in [0.5, 0.6) is 0 Å². The molecule has 6 heteroatoms. The average Bonchev–Trinajstić information content (AvgIpc) is 2.63. The van der Waals surface area contributed by atoms with Gasteiger partial charge in [0, 0.05) is 37.9 Å². The highest BCUT2D eigenvalue weighted by Gasteiger charge is 2.06. The van der Waals surface area contributed by atoms with Crippen LogP contribution in [0.15, 0.2) is 59.7 Å². The van der Waals surface area contributed by atoms with E-state index in [0.717, 1.165) is 36.7 Å². The van der Waals surface area contributed by atoms with E-state index in [1.54, 1.807) is 6.20 Å². The molecular weight excluding hydrogens is 427 g/mol. The first kappa shape index (κ1) is 21.4. The first-order chi connectivity index (χ1) is 11.8. The number of aliphatic imine (C=N–C) groups is 1. The fourth-order valence-electron chi connectivity index (χ4n) is 2.34. The number of nitrogens with zero attached hydrogens (tertiary/aromatic N) is 2. The summed E-state index contributed by atoms with van der Waals surface area (Å²) in [5.41, 5.74) is 1.99. The lowest BCUT2D eigenvalue weighted by atomic mass is 10.1. The number of hydrogen-bond acceptors (Lipinski definition) is 3. The molecule has 0 saturated heterocycles. The summed E-state index contributed by atoms with van der Waals surface area (Å²) in [5, 5.41) is 16.7. The van der Waals surface area contributed by atoms with Crippen LogP contribution < -0.4 is 10.6 Å². The highest BCUT2D eigenvalue weighted by atomic mass is 127. The molecule has 1 aromatic heterocycles. The average molecular weight is 454 g/mol. The van der Waals surface area contributed by atoms with Crippen LogP contribution in [0, 0.1) is 0 Å². The van der Waals surface area contributed by atoms with Crippen molar-refractivity contribution in [2.75, 3.05) is 19.6 Å². The number of rotatable bonds is 8. The summed E-state index contributed by atoms with van der Waals surface area (Å²) < 4.78 is 0. The van der Waals surface area contributed by atoms with E-state index in [9.17, 15) is 5.11 Å². The predicted molar refractivity (Wildman–Crippen MR) is 113 cm³/mol. The highest BCUT2D eigenvalue weighted by Crippen LogP contribution is 2.15. The lowest BCUT2D eigenvalue weighted by molar-refractivity contribution is 0.170. The fraction of sp³-hybridized carbons (Fsp3) is 0.368. The van der Waals surface area contributed by atoms with Crippen LogP contribution in [-0.4, -0.2) is 35.7 Å². The van der Waals surface area contributed by atoms with Gasteiger partial charge in [0.25, 0.3) is 0 Å². The molecule has 0 aliphatic rings. The molecule has 2 aromatic rings. The first-order valence-corrected chi connectivity index (χ1v) is 8.44. The van der Waals surface area contributed by atoms with Gasteiger partial charge < -0.3 is 15.7 Å². The maximum atomic E-state index is 10.2. The normalized spacial score (nSPS) is 12.2. The number of pyridine rings is 1. The Morgan fingerprint density at radius 2 is 1.88 bits per heavy atom. The van der Waals surface area contributed by atoms with Crippen molar-refractivity contribution in [3.63, 3.8) is 0 Å². The molecule has 1 atom stereocenters. The number of aliphatic hydroxyl groups excluding tert-OH is 1. The van der Waals surface area contributed by atoms with Crippen molar-refractivity contribution in [2.24, 2.45) is 4.99 Å². The van der Waals surface area contributed by atoms with Crippen molar-refractivity contribution in [1.29, 1.82) is 0 Å². The second-order valence-electron chi connectivity index (χ2n) is 5.47. The van der Waals surface area contributed by atoms with Gasteiger partial charge in [-0.3, -0.25) is 9.98 Å². The molecule has 0 spiro atoms. The van der Waals surface area contributed by atoms with Crippen molar-refractivity contribution in [3.05, 3.63) is 66.0 Å². The molecule has 2 rings (SSSR count). The molecular formula is C19H27IN4O. The quantitative estimate of drug-likeness (QED) is 0.326. The van der Waals surface area contributed by atoms with E-state index < -0.39 is 6.10 Å². The van der Waals surface area contributed by atoms with Gasteiger partial charge in [-0.05, 0) is 31.0 Å². The van der Waals surface area contributed by atoms with Crippen LogP contribution in [0.2, 0.25) is 0 Å². The van der Waals surface area contributed by atoms with Crippen molar-refractivity contribution in [3.8, 4) is 0 Å². The predicted octanol–water partition coefficient (Wildman–Crippen LogP) is 2.92. The number of benzene rings is 1. The molecule has 0 bridgehead atoms. The van der Waals surface area contributed by atoms with Gasteiger partial charge in [-0.25, -0.2) is 0 Å². The van der Waals surface area contributed by atoms with E-state index in [2.05, 4.69) is 20.6 Å². The number of halogens is 1. The van der Waals surface area contributed by atoms with E-state index in [4.69, 9.17) is 0 Å². The van der Waals surface area contributed by atoms with E-state index in [1.807, 2.05) is 55.5 Å². The zero-order valence-electron chi connectivity index (χ0n) is 14.6. The topological polar surface area (TPSA) is 69.5 Å². The van der Waals surface area contributed by atoms with Crippen molar-refractivity contribution < 1.29 is 5.11 Å². The molecule has 0 aliphatic carbocycles. The minimum absolute atomic E-state index is 0. The molecule has 3 N–H and O–H groups in total. The molecule has 5 nitrogen and oxygen atoms in total. The summed E-state index contributed by atoms with van der Waals surface area (Å²) in [6.07, 6.45) is 2.77. The SMILES string of the molecule is CCNC(=NCCC(O)c1ccccc1)NCCc1ccccn1.I. The van der Waals surface area contributed by atoms with Crippen LogP contribution in [0.25, 0.3) is 0 Å². The zero-order chi connectivity index (χ0) is 17.0. The molecule has 0 saturated carbocycles. The van der Waals surface area contributed by atoms with Gasteiger partial charge in [-0.1, -0.05) is 36.4 Å². The smallest absolute Gasteiger partial charge is 0.191 e. The van der Waals surface area contributed by atoms with E-state index >= 15 is 0 Å². The third-order valence-electron chi connectivity index (χ3n) is 3.60. The molecule has 1 heterocycles. The summed E-state index contributed by atoms with van der Waals surface area (Å²) >= 11 is 0. The Kier molecular flexibility index (Phi) is 10.8. The lowest BCUT2D eigenvalue weighted by Crippen LogP contribution is -2.38. The molecule has 136 valence electrons. The Morgan fingerprint density at radius 1 is 1.12 bits per heavy atom. The standard InChI is InChI=1S/C19H26N4O.HI/c1-2-20-19(22-14-11-17-10-6-7-13-21-17)23-15-12-18(24)16-8-4-3-5-9-16;/h3-10,13,18,24H,2,11-12,14-15H2,1H3,(H2,20,22,23);1H.